The molecule has 1 aromatic heterocycles. The molecule has 0 saturated heterocycles. The van der Waals surface area contributed by atoms with Crippen LogP contribution in [0.4, 0.5) is 5.13 Å². The Hall–Kier alpha value is -3.68. The number of carbonyl (C=O) groups is 1. The minimum Gasteiger partial charge on any atom is -0.493 e. The number of para-hydroxylation sites is 1. The highest BCUT2D eigenvalue weighted by molar-refractivity contribution is 9.10. The summed E-state index contributed by atoms with van der Waals surface area (Å²) in [7, 11) is 1.52. The molecule has 0 aliphatic rings. The van der Waals surface area contributed by atoms with Crippen molar-refractivity contribution in [2.24, 2.45) is 0 Å². The standard InChI is InChI=1S/C27H27BrN4O4S/c1-5-8-19-9-6-7-10-22(19)35-11-12-36-24-21(28)14-18(15-23(24)34-4)13-20(16-29)25(33)30-27-32-31-26(37-27)17(2)3/h5-7,9-10,13-15,17H,1,8,11-12H2,2-4H3,(H,30,32,33)/b20-13-. The van der Waals surface area contributed by atoms with E-state index in [1.54, 1.807) is 12.1 Å². The molecule has 0 spiro atoms. The predicted molar refractivity (Wildman–Crippen MR) is 148 cm³/mol. The van der Waals surface area contributed by atoms with Crippen molar-refractivity contribution in [2.75, 3.05) is 25.6 Å². The van der Waals surface area contributed by atoms with E-state index in [2.05, 4.69) is 38.0 Å². The molecular weight excluding hydrogens is 556 g/mol. The second kappa shape index (κ2) is 13.6. The molecule has 1 N–H and O–H groups in total. The van der Waals surface area contributed by atoms with Crippen molar-refractivity contribution in [1.29, 1.82) is 5.26 Å². The molecule has 2 aromatic carbocycles. The summed E-state index contributed by atoms with van der Waals surface area (Å²) < 4.78 is 17.9. The summed E-state index contributed by atoms with van der Waals surface area (Å²) in [4.78, 5) is 12.6. The number of rotatable bonds is 12. The molecular formula is C27H27BrN4O4S. The van der Waals surface area contributed by atoms with Gasteiger partial charge in [-0.1, -0.05) is 49.5 Å². The van der Waals surface area contributed by atoms with Crippen molar-refractivity contribution in [1.82, 2.24) is 10.2 Å². The number of allylic oxidation sites excluding steroid dienone is 1. The zero-order chi connectivity index (χ0) is 26.8. The number of hydrogen-bond donors (Lipinski definition) is 1. The van der Waals surface area contributed by atoms with Gasteiger partial charge >= 0.3 is 0 Å². The van der Waals surface area contributed by atoms with E-state index in [9.17, 15) is 10.1 Å². The Morgan fingerprint density at radius 1 is 1.22 bits per heavy atom. The summed E-state index contributed by atoms with van der Waals surface area (Å²) in [5.41, 5.74) is 1.55. The van der Waals surface area contributed by atoms with E-state index in [1.165, 1.54) is 24.5 Å². The number of halogens is 1. The molecule has 0 aliphatic heterocycles. The lowest BCUT2D eigenvalue weighted by atomic mass is 10.1. The van der Waals surface area contributed by atoms with Crippen LogP contribution < -0.4 is 19.5 Å². The number of carbonyl (C=O) groups excluding carboxylic acids is 1. The van der Waals surface area contributed by atoms with Crippen LogP contribution in [0.2, 0.25) is 0 Å². The summed E-state index contributed by atoms with van der Waals surface area (Å²) in [6.45, 7) is 8.36. The molecule has 0 radical (unpaired) electrons. The monoisotopic (exact) mass is 582 g/mol. The highest BCUT2D eigenvalue weighted by Crippen LogP contribution is 2.37. The van der Waals surface area contributed by atoms with Crippen molar-refractivity contribution in [3.05, 3.63) is 75.2 Å². The van der Waals surface area contributed by atoms with Crippen LogP contribution >= 0.6 is 27.3 Å². The molecule has 1 amide bonds. The fraction of sp³-hybridized carbons (Fsp3) is 0.259. The molecule has 0 atom stereocenters. The zero-order valence-corrected chi connectivity index (χ0v) is 23.2. The fourth-order valence-electron chi connectivity index (χ4n) is 3.23. The lowest BCUT2D eigenvalue weighted by molar-refractivity contribution is -0.112. The van der Waals surface area contributed by atoms with Crippen LogP contribution in [0, 0.1) is 11.3 Å². The third-order valence-corrected chi connectivity index (χ3v) is 6.74. The van der Waals surface area contributed by atoms with E-state index < -0.39 is 5.91 Å². The largest absolute Gasteiger partial charge is 0.493 e. The third-order valence-electron chi connectivity index (χ3n) is 5.01. The minimum absolute atomic E-state index is 0.0875. The molecule has 0 bridgehead atoms. The Labute approximate surface area is 228 Å². The molecule has 37 heavy (non-hydrogen) atoms. The van der Waals surface area contributed by atoms with Gasteiger partial charge < -0.3 is 14.2 Å². The number of amides is 1. The number of aromatic nitrogens is 2. The van der Waals surface area contributed by atoms with E-state index in [4.69, 9.17) is 14.2 Å². The summed E-state index contributed by atoms with van der Waals surface area (Å²) in [6.07, 6.45) is 4.02. The highest BCUT2D eigenvalue weighted by atomic mass is 79.9. The molecule has 1 heterocycles. The smallest absolute Gasteiger partial charge is 0.268 e. The Bertz CT molecular complexity index is 1330. The molecule has 0 unspecified atom stereocenters. The van der Waals surface area contributed by atoms with Gasteiger partial charge in [0.25, 0.3) is 5.91 Å². The van der Waals surface area contributed by atoms with Crippen LogP contribution in [0.15, 0.2) is 59.1 Å². The van der Waals surface area contributed by atoms with Crippen molar-refractivity contribution in [3.63, 3.8) is 0 Å². The van der Waals surface area contributed by atoms with Gasteiger partial charge in [0.1, 0.15) is 35.6 Å². The maximum atomic E-state index is 12.6. The molecule has 8 nitrogen and oxygen atoms in total. The molecule has 0 aliphatic carbocycles. The lowest BCUT2D eigenvalue weighted by Crippen LogP contribution is -2.13. The van der Waals surface area contributed by atoms with Crippen molar-refractivity contribution in [3.8, 4) is 23.3 Å². The quantitative estimate of drug-likeness (QED) is 0.118. The third kappa shape index (κ3) is 7.65. The maximum absolute atomic E-state index is 12.6. The Morgan fingerprint density at radius 3 is 2.65 bits per heavy atom. The molecule has 3 aromatic rings. The van der Waals surface area contributed by atoms with E-state index in [0.717, 1.165) is 16.3 Å². The topological polar surface area (TPSA) is 106 Å². The fourth-order valence-corrected chi connectivity index (χ4v) is 4.54. The highest BCUT2D eigenvalue weighted by Gasteiger charge is 2.16. The predicted octanol–water partition coefficient (Wildman–Crippen LogP) is 6.16. The summed E-state index contributed by atoms with van der Waals surface area (Å²) in [5, 5.41) is 21.3. The van der Waals surface area contributed by atoms with Crippen molar-refractivity contribution >= 4 is 44.4 Å². The number of nitrogens with zero attached hydrogens (tertiary/aromatic N) is 3. The van der Waals surface area contributed by atoms with Crippen LogP contribution in [0.25, 0.3) is 6.08 Å². The molecule has 3 rings (SSSR count). The average molecular weight is 584 g/mol. The number of nitrogens with one attached hydrogen (secondary N) is 1. The zero-order valence-electron chi connectivity index (χ0n) is 20.8. The Morgan fingerprint density at radius 2 is 1.97 bits per heavy atom. The van der Waals surface area contributed by atoms with E-state index in [-0.39, 0.29) is 18.1 Å². The van der Waals surface area contributed by atoms with Gasteiger partial charge in [-0.15, -0.1) is 16.8 Å². The van der Waals surface area contributed by atoms with Crippen molar-refractivity contribution < 1.29 is 19.0 Å². The number of ether oxygens (including phenoxy) is 3. The first-order valence-electron chi connectivity index (χ1n) is 11.4. The van der Waals surface area contributed by atoms with Crippen molar-refractivity contribution in [2.45, 2.75) is 26.2 Å². The van der Waals surface area contributed by atoms with Crippen LogP contribution in [0.3, 0.4) is 0 Å². The van der Waals surface area contributed by atoms with Gasteiger partial charge in [0, 0.05) is 5.92 Å². The number of anilines is 1. The molecule has 10 heteroatoms. The summed E-state index contributed by atoms with van der Waals surface area (Å²) >= 11 is 4.78. The number of hydrogen-bond acceptors (Lipinski definition) is 8. The van der Waals surface area contributed by atoms with Crippen LogP contribution in [0.5, 0.6) is 17.2 Å². The Balaban J connectivity index is 1.68. The maximum Gasteiger partial charge on any atom is 0.268 e. The van der Waals surface area contributed by atoms with Gasteiger partial charge in [0.2, 0.25) is 5.13 Å². The number of benzene rings is 2. The second-order valence-corrected chi connectivity index (χ2v) is 9.92. The van der Waals surface area contributed by atoms with Crippen LogP contribution in [-0.2, 0) is 11.2 Å². The first-order valence-corrected chi connectivity index (χ1v) is 13.1. The van der Waals surface area contributed by atoms with Gasteiger partial charge in [0.15, 0.2) is 11.5 Å². The van der Waals surface area contributed by atoms with E-state index in [0.29, 0.717) is 39.7 Å². The van der Waals surface area contributed by atoms with E-state index >= 15 is 0 Å². The van der Waals surface area contributed by atoms with Crippen LogP contribution in [-0.4, -0.2) is 36.4 Å². The van der Waals surface area contributed by atoms with Gasteiger partial charge in [-0.2, -0.15) is 5.26 Å². The normalized spacial score (nSPS) is 11.1. The van der Waals surface area contributed by atoms with Gasteiger partial charge in [-0.05, 0) is 57.8 Å². The number of nitriles is 1. The summed E-state index contributed by atoms with van der Waals surface area (Å²) in [5.74, 6) is 1.34. The lowest BCUT2D eigenvalue weighted by Gasteiger charge is -2.15. The number of methoxy groups -OCH3 is 1. The van der Waals surface area contributed by atoms with Gasteiger partial charge in [0.05, 0.1) is 11.6 Å². The average Bonchev–Trinajstić information content (AvgIpc) is 3.35. The first kappa shape index (κ1) is 27.9. The SMILES string of the molecule is C=CCc1ccccc1OCCOc1c(Br)cc(/C=C(/C#N)C(=O)Nc2nnc(C(C)C)s2)cc1OC. The Kier molecular flexibility index (Phi) is 10.2. The molecule has 0 fully saturated rings. The minimum atomic E-state index is -0.571. The molecule has 0 saturated carbocycles. The van der Waals surface area contributed by atoms with Gasteiger partial charge in [-0.3, -0.25) is 10.1 Å². The first-order chi connectivity index (χ1) is 17.9. The second-order valence-electron chi connectivity index (χ2n) is 8.06. The summed E-state index contributed by atoms with van der Waals surface area (Å²) in [6, 6.07) is 13.1. The van der Waals surface area contributed by atoms with Gasteiger partial charge in [-0.25, -0.2) is 0 Å². The molecule has 192 valence electrons. The van der Waals surface area contributed by atoms with Crippen LogP contribution in [0.1, 0.15) is 35.9 Å². The van der Waals surface area contributed by atoms with E-state index in [1.807, 2.05) is 50.3 Å².